The summed E-state index contributed by atoms with van der Waals surface area (Å²) in [5.74, 6) is 3.30. The molecule has 0 aromatic heterocycles. The molecule has 1 aromatic rings. The lowest BCUT2D eigenvalue weighted by Crippen LogP contribution is -2.32. The predicted molar refractivity (Wildman–Crippen MR) is 79.2 cm³/mol. The molecule has 0 saturated carbocycles. The Morgan fingerprint density at radius 2 is 2.20 bits per heavy atom. The summed E-state index contributed by atoms with van der Waals surface area (Å²) in [6.07, 6.45) is 7.13. The van der Waals surface area contributed by atoms with E-state index in [0.29, 0.717) is 17.1 Å². The van der Waals surface area contributed by atoms with Gasteiger partial charge in [-0.1, -0.05) is 19.3 Å². The third-order valence-electron chi connectivity index (χ3n) is 2.84. The summed E-state index contributed by atoms with van der Waals surface area (Å²) in [6, 6.07) is 5.19. The molecular weight excluding hydrogens is 254 g/mol. The van der Waals surface area contributed by atoms with Crippen molar-refractivity contribution in [3.63, 3.8) is 0 Å². The first-order valence-corrected chi connectivity index (χ1v) is 6.67. The van der Waals surface area contributed by atoms with E-state index >= 15 is 0 Å². The van der Waals surface area contributed by atoms with Gasteiger partial charge in [0.2, 0.25) is 0 Å². The molecule has 108 valence electrons. The van der Waals surface area contributed by atoms with Crippen molar-refractivity contribution in [1.29, 1.82) is 0 Å². The van der Waals surface area contributed by atoms with E-state index in [4.69, 9.17) is 15.9 Å². The van der Waals surface area contributed by atoms with Crippen molar-refractivity contribution < 1.29 is 14.3 Å². The van der Waals surface area contributed by atoms with Gasteiger partial charge in [-0.25, -0.2) is 0 Å². The van der Waals surface area contributed by atoms with Gasteiger partial charge in [-0.3, -0.25) is 4.79 Å². The van der Waals surface area contributed by atoms with Crippen LogP contribution in [-0.2, 0) is 0 Å². The first-order chi connectivity index (χ1) is 9.62. The molecule has 1 atom stereocenters. The maximum atomic E-state index is 12.1. The van der Waals surface area contributed by atoms with Crippen LogP contribution in [-0.4, -0.2) is 25.7 Å². The molecule has 0 heterocycles. The fourth-order valence-electron chi connectivity index (χ4n) is 1.86. The average Bonchev–Trinajstić information content (AvgIpc) is 2.45. The van der Waals surface area contributed by atoms with Crippen LogP contribution in [0.1, 0.15) is 37.0 Å². The van der Waals surface area contributed by atoms with Crippen LogP contribution in [0.4, 0.5) is 0 Å². The van der Waals surface area contributed by atoms with E-state index in [1.165, 1.54) is 7.11 Å². The molecule has 1 unspecified atom stereocenters. The highest BCUT2D eigenvalue weighted by Gasteiger charge is 2.12. The molecule has 1 aromatic carbocycles. The Balaban J connectivity index is 2.81. The molecule has 0 bridgehead atoms. The number of hydrogen-bond acceptors (Lipinski definition) is 3. The lowest BCUT2D eigenvalue weighted by Gasteiger charge is -2.14. The Bertz CT molecular complexity index is 491. The van der Waals surface area contributed by atoms with Crippen molar-refractivity contribution in [2.24, 2.45) is 0 Å². The molecule has 0 spiro atoms. The molecule has 1 rings (SSSR count). The second-order valence-corrected chi connectivity index (χ2v) is 4.52. The second kappa shape index (κ2) is 8.11. The molecule has 1 amide bonds. The van der Waals surface area contributed by atoms with Gasteiger partial charge in [0.15, 0.2) is 11.5 Å². The first kappa shape index (κ1) is 15.9. The van der Waals surface area contributed by atoms with Crippen LogP contribution in [0.25, 0.3) is 0 Å². The van der Waals surface area contributed by atoms with E-state index in [1.807, 2.05) is 6.92 Å². The number of benzene rings is 1. The van der Waals surface area contributed by atoms with Gasteiger partial charge in [0.25, 0.3) is 5.91 Å². The highest BCUT2D eigenvalue weighted by molar-refractivity contribution is 5.95. The number of hydrogen-bond donors (Lipinski definition) is 1. The molecule has 4 nitrogen and oxygen atoms in total. The molecule has 4 heteroatoms. The Kier molecular flexibility index (Phi) is 6.45. The monoisotopic (exact) mass is 275 g/mol. The summed E-state index contributed by atoms with van der Waals surface area (Å²) < 4.78 is 10.6. The molecule has 0 aliphatic carbocycles. The number of carbonyl (C=O) groups excluding carboxylic acids is 1. The molecule has 20 heavy (non-hydrogen) atoms. The van der Waals surface area contributed by atoms with Gasteiger partial charge < -0.3 is 14.8 Å². The SMILES string of the molecule is C#CCOc1ccc(C(=O)NC(C)CCC)cc1OC. The third-order valence-corrected chi connectivity index (χ3v) is 2.84. The summed E-state index contributed by atoms with van der Waals surface area (Å²) in [4.78, 5) is 12.1. The quantitative estimate of drug-likeness (QED) is 0.778. The third kappa shape index (κ3) is 4.51. The molecule has 1 N–H and O–H groups in total. The fourth-order valence-corrected chi connectivity index (χ4v) is 1.86. The maximum Gasteiger partial charge on any atom is 0.251 e. The lowest BCUT2D eigenvalue weighted by atomic mass is 10.1. The Labute approximate surface area is 120 Å². The summed E-state index contributed by atoms with van der Waals surface area (Å²) >= 11 is 0. The Morgan fingerprint density at radius 1 is 1.45 bits per heavy atom. The smallest absolute Gasteiger partial charge is 0.251 e. The van der Waals surface area contributed by atoms with Crippen LogP contribution in [0, 0.1) is 12.3 Å². The molecule has 0 radical (unpaired) electrons. The van der Waals surface area contributed by atoms with Gasteiger partial charge in [-0.2, -0.15) is 0 Å². The number of amides is 1. The summed E-state index contributed by atoms with van der Waals surface area (Å²) in [7, 11) is 1.53. The van der Waals surface area contributed by atoms with E-state index in [9.17, 15) is 4.79 Å². The zero-order valence-corrected chi connectivity index (χ0v) is 12.2. The van der Waals surface area contributed by atoms with Gasteiger partial charge in [0.1, 0.15) is 6.61 Å². The van der Waals surface area contributed by atoms with Gasteiger partial charge in [-0.15, -0.1) is 6.42 Å². The van der Waals surface area contributed by atoms with Crippen LogP contribution in [0.2, 0.25) is 0 Å². The average molecular weight is 275 g/mol. The maximum absolute atomic E-state index is 12.1. The van der Waals surface area contributed by atoms with Crippen LogP contribution in [0.5, 0.6) is 11.5 Å². The minimum Gasteiger partial charge on any atom is -0.493 e. The van der Waals surface area contributed by atoms with Crippen LogP contribution in [0.15, 0.2) is 18.2 Å². The largest absolute Gasteiger partial charge is 0.493 e. The Morgan fingerprint density at radius 3 is 2.80 bits per heavy atom. The second-order valence-electron chi connectivity index (χ2n) is 4.52. The molecule has 0 aliphatic heterocycles. The van der Waals surface area contributed by atoms with Crippen molar-refractivity contribution >= 4 is 5.91 Å². The number of terminal acetylenes is 1. The normalized spacial score (nSPS) is 11.3. The highest BCUT2D eigenvalue weighted by Crippen LogP contribution is 2.28. The molecular formula is C16H21NO3. The van der Waals surface area contributed by atoms with Gasteiger partial charge in [0.05, 0.1) is 7.11 Å². The number of ether oxygens (including phenoxy) is 2. The van der Waals surface area contributed by atoms with Crippen LogP contribution in [0.3, 0.4) is 0 Å². The van der Waals surface area contributed by atoms with Crippen molar-refractivity contribution in [3.05, 3.63) is 23.8 Å². The van der Waals surface area contributed by atoms with Gasteiger partial charge in [0, 0.05) is 11.6 Å². The van der Waals surface area contributed by atoms with Crippen LogP contribution >= 0.6 is 0 Å². The van der Waals surface area contributed by atoms with E-state index in [1.54, 1.807) is 18.2 Å². The molecule has 0 aliphatic rings. The Hall–Kier alpha value is -2.15. The number of rotatable bonds is 7. The standard InChI is InChI=1S/C16H21NO3/c1-5-7-12(3)17-16(18)13-8-9-14(20-10-6-2)15(11-13)19-4/h2,8-9,11-12H,5,7,10H2,1,3-4H3,(H,17,18). The molecule has 0 fully saturated rings. The summed E-state index contributed by atoms with van der Waals surface area (Å²) in [5, 5.41) is 2.94. The van der Waals surface area contributed by atoms with E-state index in [2.05, 4.69) is 18.2 Å². The van der Waals surface area contributed by atoms with Crippen molar-refractivity contribution in [1.82, 2.24) is 5.32 Å². The number of nitrogens with one attached hydrogen (secondary N) is 1. The van der Waals surface area contributed by atoms with Crippen molar-refractivity contribution in [2.75, 3.05) is 13.7 Å². The van der Waals surface area contributed by atoms with Crippen molar-refractivity contribution in [3.8, 4) is 23.8 Å². The summed E-state index contributed by atoms with van der Waals surface area (Å²) in [6.45, 7) is 4.24. The minimum atomic E-state index is -0.118. The lowest BCUT2D eigenvalue weighted by molar-refractivity contribution is 0.0938. The van der Waals surface area contributed by atoms with Gasteiger partial charge >= 0.3 is 0 Å². The highest BCUT2D eigenvalue weighted by atomic mass is 16.5. The number of methoxy groups -OCH3 is 1. The van der Waals surface area contributed by atoms with E-state index < -0.39 is 0 Å². The number of carbonyl (C=O) groups is 1. The molecule has 0 saturated heterocycles. The van der Waals surface area contributed by atoms with E-state index in [-0.39, 0.29) is 18.6 Å². The minimum absolute atomic E-state index is 0.118. The zero-order chi connectivity index (χ0) is 15.0. The fraction of sp³-hybridized carbons (Fsp3) is 0.438. The summed E-state index contributed by atoms with van der Waals surface area (Å²) in [5.41, 5.74) is 0.540. The van der Waals surface area contributed by atoms with E-state index in [0.717, 1.165) is 12.8 Å². The van der Waals surface area contributed by atoms with Gasteiger partial charge in [-0.05, 0) is 31.5 Å². The van der Waals surface area contributed by atoms with Crippen LogP contribution < -0.4 is 14.8 Å². The topological polar surface area (TPSA) is 47.6 Å². The first-order valence-electron chi connectivity index (χ1n) is 6.67. The predicted octanol–water partition coefficient (Wildman–Crippen LogP) is 2.63. The van der Waals surface area contributed by atoms with Crippen molar-refractivity contribution in [2.45, 2.75) is 32.7 Å². The zero-order valence-electron chi connectivity index (χ0n) is 12.2.